The van der Waals surface area contributed by atoms with Gasteiger partial charge in [-0.2, -0.15) is 0 Å². The summed E-state index contributed by atoms with van der Waals surface area (Å²) in [6, 6.07) is 17.3. The number of rotatable bonds is 4. The largest absolute Gasteiger partial charge is 0.507 e. The first-order chi connectivity index (χ1) is 12.4. The van der Waals surface area contributed by atoms with Gasteiger partial charge in [0.1, 0.15) is 22.1 Å². The van der Waals surface area contributed by atoms with Crippen LogP contribution in [0, 0.1) is 19.3 Å². The van der Waals surface area contributed by atoms with Crippen molar-refractivity contribution >= 4 is 9.84 Å². The van der Waals surface area contributed by atoms with Crippen molar-refractivity contribution in [2.24, 2.45) is 0 Å². The molecule has 3 aromatic rings. The Morgan fingerprint density at radius 1 is 1.00 bits per heavy atom. The van der Waals surface area contributed by atoms with Crippen LogP contribution in [0.25, 0.3) is 0 Å². The molecule has 0 aliphatic heterocycles. The number of phenolic OH excluding ortho intramolecular Hbond substituents is 1. The van der Waals surface area contributed by atoms with Gasteiger partial charge in [0.15, 0.2) is 0 Å². The molecule has 0 amide bonds. The van der Waals surface area contributed by atoms with Gasteiger partial charge in [-0.1, -0.05) is 18.1 Å². The fraction of sp³-hybridized carbons (Fsp3) is 0.0476. The summed E-state index contributed by atoms with van der Waals surface area (Å²) >= 11 is 0. The number of hydrogen-bond donors (Lipinski definition) is 1. The molecule has 0 fully saturated rings. The zero-order chi connectivity index (χ0) is 18.7. The highest BCUT2D eigenvalue weighted by Crippen LogP contribution is 2.31. The van der Waals surface area contributed by atoms with E-state index in [4.69, 9.17) is 11.2 Å². The first-order valence-electron chi connectivity index (χ1n) is 7.80. The molecule has 130 valence electrons. The van der Waals surface area contributed by atoms with E-state index in [2.05, 4.69) is 5.92 Å². The maximum Gasteiger partial charge on any atom is 0.210 e. The number of aromatic hydroxyl groups is 1. The molecule has 1 N–H and O–H groups in total. The number of para-hydroxylation sites is 1. The molecule has 0 atom stereocenters. The van der Waals surface area contributed by atoms with E-state index < -0.39 is 9.84 Å². The van der Waals surface area contributed by atoms with Crippen LogP contribution in [0.3, 0.4) is 0 Å². The van der Waals surface area contributed by atoms with Crippen LogP contribution in [0.2, 0.25) is 0 Å². The van der Waals surface area contributed by atoms with Crippen LogP contribution in [0.5, 0.6) is 17.2 Å². The quantitative estimate of drug-likeness (QED) is 0.701. The van der Waals surface area contributed by atoms with E-state index in [-0.39, 0.29) is 15.5 Å². The number of terminal acetylenes is 1. The first-order valence-corrected chi connectivity index (χ1v) is 9.28. The van der Waals surface area contributed by atoms with Gasteiger partial charge in [0.05, 0.1) is 4.90 Å². The predicted molar refractivity (Wildman–Crippen MR) is 99.2 cm³/mol. The van der Waals surface area contributed by atoms with E-state index in [1.807, 2.05) is 13.0 Å². The second-order valence-corrected chi connectivity index (χ2v) is 7.59. The molecule has 0 spiro atoms. The molecule has 3 aromatic carbocycles. The molecule has 0 bridgehead atoms. The summed E-state index contributed by atoms with van der Waals surface area (Å²) in [7, 11) is -3.80. The lowest BCUT2D eigenvalue weighted by atomic mass is 10.1. The zero-order valence-electron chi connectivity index (χ0n) is 14.0. The van der Waals surface area contributed by atoms with E-state index in [9.17, 15) is 13.5 Å². The van der Waals surface area contributed by atoms with Crippen LogP contribution in [0.1, 0.15) is 11.1 Å². The Balaban J connectivity index is 1.88. The lowest BCUT2D eigenvalue weighted by Gasteiger charge is -2.10. The standard InChI is InChI=1S/C21H16O4S/c1-3-16-8-13-20(15(2)14-16)25-17-9-11-18(12-10-17)26(23,24)21-7-5-4-6-19(21)22/h1,4-14,22H,2H3. The third-order valence-corrected chi connectivity index (χ3v) is 5.68. The van der Waals surface area contributed by atoms with Gasteiger partial charge in [-0.15, -0.1) is 6.42 Å². The molecule has 0 aromatic heterocycles. The van der Waals surface area contributed by atoms with E-state index in [1.54, 1.807) is 36.4 Å². The SMILES string of the molecule is C#Cc1ccc(Oc2ccc(S(=O)(=O)c3ccccc3O)cc2)c(C)c1. The monoisotopic (exact) mass is 364 g/mol. The second-order valence-electron chi connectivity index (χ2n) is 5.67. The smallest absolute Gasteiger partial charge is 0.210 e. The summed E-state index contributed by atoms with van der Waals surface area (Å²) in [4.78, 5) is -0.0554. The lowest BCUT2D eigenvalue weighted by molar-refractivity contribution is 0.458. The molecule has 0 radical (unpaired) electrons. The van der Waals surface area contributed by atoms with E-state index in [0.29, 0.717) is 11.5 Å². The summed E-state index contributed by atoms with van der Waals surface area (Å²) < 4.78 is 31.1. The molecule has 0 saturated heterocycles. The van der Waals surface area contributed by atoms with E-state index >= 15 is 0 Å². The number of aryl methyl sites for hydroxylation is 1. The van der Waals surface area contributed by atoms with Crippen molar-refractivity contribution in [3.8, 4) is 29.6 Å². The number of hydrogen-bond acceptors (Lipinski definition) is 4. The third kappa shape index (κ3) is 3.41. The number of benzene rings is 3. The molecule has 0 aliphatic rings. The normalized spacial score (nSPS) is 10.9. The van der Waals surface area contributed by atoms with Crippen molar-refractivity contribution < 1.29 is 18.3 Å². The van der Waals surface area contributed by atoms with Crippen LogP contribution in [0.15, 0.2) is 76.5 Å². The zero-order valence-corrected chi connectivity index (χ0v) is 14.8. The van der Waals surface area contributed by atoms with Gasteiger partial charge < -0.3 is 9.84 Å². The summed E-state index contributed by atoms with van der Waals surface area (Å²) in [6.07, 6.45) is 5.37. The fourth-order valence-corrected chi connectivity index (χ4v) is 3.83. The summed E-state index contributed by atoms with van der Waals surface area (Å²) in [5.41, 5.74) is 1.64. The highest BCUT2D eigenvalue weighted by atomic mass is 32.2. The van der Waals surface area contributed by atoms with Gasteiger partial charge in [-0.3, -0.25) is 0 Å². The van der Waals surface area contributed by atoms with Gasteiger partial charge in [0, 0.05) is 5.56 Å². The Labute approximate surface area is 152 Å². The van der Waals surface area contributed by atoms with Crippen molar-refractivity contribution in [2.45, 2.75) is 16.7 Å². The van der Waals surface area contributed by atoms with E-state index in [0.717, 1.165) is 11.1 Å². The Hall–Kier alpha value is -3.23. The van der Waals surface area contributed by atoms with Crippen molar-refractivity contribution in [1.29, 1.82) is 0 Å². The average molecular weight is 364 g/mol. The molecule has 26 heavy (non-hydrogen) atoms. The third-order valence-electron chi connectivity index (χ3n) is 3.86. The molecule has 4 nitrogen and oxygen atoms in total. The molecular formula is C21H16O4S. The van der Waals surface area contributed by atoms with Crippen molar-refractivity contribution in [2.75, 3.05) is 0 Å². The maximum atomic E-state index is 12.6. The molecule has 0 saturated carbocycles. The summed E-state index contributed by atoms with van der Waals surface area (Å²) in [5.74, 6) is 3.42. The highest BCUT2D eigenvalue weighted by Gasteiger charge is 2.21. The lowest BCUT2D eigenvalue weighted by Crippen LogP contribution is -2.02. The molecule has 3 rings (SSSR count). The Bertz CT molecular complexity index is 1090. The minimum absolute atomic E-state index is 0.0748. The molecule has 5 heteroatoms. The van der Waals surface area contributed by atoms with E-state index in [1.165, 1.54) is 24.3 Å². The van der Waals surface area contributed by atoms with Gasteiger partial charge >= 0.3 is 0 Å². The minimum atomic E-state index is -3.80. The van der Waals surface area contributed by atoms with Crippen LogP contribution in [0.4, 0.5) is 0 Å². The van der Waals surface area contributed by atoms with Crippen LogP contribution >= 0.6 is 0 Å². The Morgan fingerprint density at radius 3 is 2.31 bits per heavy atom. The fourth-order valence-electron chi connectivity index (χ4n) is 2.48. The second kappa shape index (κ2) is 6.95. The highest BCUT2D eigenvalue weighted by molar-refractivity contribution is 7.91. The van der Waals surface area contributed by atoms with Crippen LogP contribution in [-0.4, -0.2) is 13.5 Å². The van der Waals surface area contributed by atoms with Crippen LogP contribution < -0.4 is 4.74 Å². The van der Waals surface area contributed by atoms with Gasteiger partial charge in [-0.05, 0) is 67.1 Å². The summed E-state index contributed by atoms with van der Waals surface area (Å²) in [5, 5.41) is 9.81. The molecular weight excluding hydrogens is 348 g/mol. The average Bonchev–Trinajstić information content (AvgIpc) is 2.64. The maximum absolute atomic E-state index is 12.6. The number of ether oxygens (including phenoxy) is 1. The predicted octanol–water partition coefficient (Wildman–Crippen LogP) is 4.31. The number of phenols is 1. The molecule has 0 heterocycles. The molecule has 0 unspecified atom stereocenters. The van der Waals surface area contributed by atoms with Crippen LogP contribution in [-0.2, 0) is 9.84 Å². The topological polar surface area (TPSA) is 63.6 Å². The Morgan fingerprint density at radius 2 is 1.69 bits per heavy atom. The van der Waals surface area contributed by atoms with Crippen molar-refractivity contribution in [3.05, 3.63) is 77.9 Å². The minimum Gasteiger partial charge on any atom is -0.507 e. The Kier molecular flexibility index (Phi) is 4.70. The van der Waals surface area contributed by atoms with Crippen molar-refractivity contribution in [3.63, 3.8) is 0 Å². The van der Waals surface area contributed by atoms with Gasteiger partial charge in [0.2, 0.25) is 9.84 Å². The van der Waals surface area contributed by atoms with Gasteiger partial charge in [-0.25, -0.2) is 8.42 Å². The molecule has 0 aliphatic carbocycles. The van der Waals surface area contributed by atoms with Crippen molar-refractivity contribution in [1.82, 2.24) is 0 Å². The summed E-state index contributed by atoms with van der Waals surface area (Å²) in [6.45, 7) is 1.88. The van der Waals surface area contributed by atoms with Gasteiger partial charge in [0.25, 0.3) is 0 Å². The first kappa shape index (κ1) is 17.6. The number of sulfone groups is 1.